The molecule has 12 heavy (non-hydrogen) atoms. The maximum absolute atomic E-state index is 10.5. The van der Waals surface area contributed by atoms with E-state index in [1.54, 1.807) is 5.06 Å². The summed E-state index contributed by atoms with van der Waals surface area (Å²) in [6.07, 6.45) is 2.03. The van der Waals surface area contributed by atoms with Crippen molar-refractivity contribution in [1.29, 1.82) is 0 Å². The van der Waals surface area contributed by atoms with E-state index in [0.29, 0.717) is 6.54 Å². The number of rotatable bonds is 1. The number of piperidine rings is 1. The van der Waals surface area contributed by atoms with E-state index in [-0.39, 0.29) is 24.4 Å². The molecule has 1 fully saturated rings. The van der Waals surface area contributed by atoms with Crippen molar-refractivity contribution in [3.05, 3.63) is 0 Å². The van der Waals surface area contributed by atoms with Crippen LogP contribution in [0.25, 0.3) is 0 Å². The number of carbonyl (C=O) groups is 1. The van der Waals surface area contributed by atoms with Gasteiger partial charge in [-0.1, -0.05) is 0 Å². The number of hydrogen-bond donors (Lipinski definition) is 1. The van der Waals surface area contributed by atoms with Gasteiger partial charge in [-0.15, -0.1) is 17.5 Å². The van der Waals surface area contributed by atoms with E-state index >= 15 is 0 Å². The first-order valence-electron chi connectivity index (χ1n) is 3.87. The van der Waals surface area contributed by atoms with Crippen molar-refractivity contribution in [2.45, 2.75) is 25.8 Å². The quantitative estimate of drug-likeness (QED) is 0.653. The van der Waals surface area contributed by atoms with Gasteiger partial charge in [0.25, 0.3) is 0 Å². The molecule has 5 heteroatoms. The SMILES string of the molecule is CC(=O)ON1CCCC(N)C1.Cl. The lowest BCUT2D eigenvalue weighted by molar-refractivity contribution is -0.192. The zero-order valence-corrected chi connectivity index (χ0v) is 7.97. The van der Waals surface area contributed by atoms with E-state index in [9.17, 15) is 4.79 Å². The number of carbonyl (C=O) groups excluding carboxylic acids is 1. The van der Waals surface area contributed by atoms with Gasteiger partial charge < -0.3 is 10.6 Å². The van der Waals surface area contributed by atoms with Crippen LogP contribution in [0.5, 0.6) is 0 Å². The van der Waals surface area contributed by atoms with Crippen molar-refractivity contribution in [2.24, 2.45) is 5.73 Å². The predicted molar refractivity (Wildman–Crippen MR) is 47.8 cm³/mol. The number of nitrogens with two attached hydrogens (primary N) is 1. The lowest BCUT2D eigenvalue weighted by atomic mass is 10.1. The third kappa shape index (κ3) is 3.90. The van der Waals surface area contributed by atoms with Crippen LogP contribution in [0.2, 0.25) is 0 Å². The number of hydrogen-bond acceptors (Lipinski definition) is 4. The van der Waals surface area contributed by atoms with Crippen LogP contribution in [0, 0.1) is 0 Å². The molecule has 1 atom stereocenters. The summed E-state index contributed by atoms with van der Waals surface area (Å²) in [4.78, 5) is 15.4. The van der Waals surface area contributed by atoms with Crippen molar-refractivity contribution in [3.63, 3.8) is 0 Å². The van der Waals surface area contributed by atoms with Crippen LogP contribution >= 0.6 is 12.4 Å². The van der Waals surface area contributed by atoms with Crippen molar-refractivity contribution in [2.75, 3.05) is 13.1 Å². The molecule has 0 aromatic carbocycles. The highest BCUT2D eigenvalue weighted by Crippen LogP contribution is 2.07. The molecule has 4 nitrogen and oxygen atoms in total. The van der Waals surface area contributed by atoms with Crippen LogP contribution < -0.4 is 5.73 Å². The van der Waals surface area contributed by atoms with Gasteiger partial charge in [0.1, 0.15) is 0 Å². The Morgan fingerprint density at radius 1 is 1.67 bits per heavy atom. The molecule has 1 rings (SSSR count). The summed E-state index contributed by atoms with van der Waals surface area (Å²) >= 11 is 0. The molecule has 0 bridgehead atoms. The minimum atomic E-state index is -0.265. The van der Waals surface area contributed by atoms with Gasteiger partial charge in [-0.05, 0) is 12.8 Å². The van der Waals surface area contributed by atoms with Crippen LogP contribution in [-0.2, 0) is 9.63 Å². The van der Waals surface area contributed by atoms with E-state index in [4.69, 9.17) is 10.6 Å². The third-order valence-corrected chi connectivity index (χ3v) is 1.68. The Morgan fingerprint density at radius 3 is 2.83 bits per heavy atom. The number of hydroxylamine groups is 2. The Hall–Kier alpha value is -0.320. The molecule has 0 amide bonds. The summed E-state index contributed by atoms with van der Waals surface area (Å²) in [5, 5.41) is 1.64. The first-order chi connectivity index (χ1) is 5.18. The van der Waals surface area contributed by atoms with E-state index in [0.717, 1.165) is 19.4 Å². The minimum Gasteiger partial charge on any atom is -0.368 e. The summed E-state index contributed by atoms with van der Waals surface area (Å²) in [6.45, 7) is 2.88. The van der Waals surface area contributed by atoms with Crippen molar-refractivity contribution in [1.82, 2.24) is 5.06 Å². The van der Waals surface area contributed by atoms with Gasteiger partial charge in [-0.25, -0.2) is 0 Å². The normalized spacial score (nSPS) is 24.3. The van der Waals surface area contributed by atoms with Gasteiger partial charge in [0.15, 0.2) is 0 Å². The summed E-state index contributed by atoms with van der Waals surface area (Å²) in [5.74, 6) is -0.265. The van der Waals surface area contributed by atoms with E-state index in [2.05, 4.69) is 0 Å². The second-order valence-electron chi connectivity index (χ2n) is 2.87. The molecular formula is C7H15ClN2O2. The minimum absolute atomic E-state index is 0. The smallest absolute Gasteiger partial charge is 0.322 e. The summed E-state index contributed by atoms with van der Waals surface area (Å²) in [5.41, 5.74) is 5.67. The fourth-order valence-electron chi connectivity index (χ4n) is 1.24. The summed E-state index contributed by atoms with van der Waals surface area (Å²) in [7, 11) is 0. The molecule has 1 aliphatic heterocycles. The molecule has 1 saturated heterocycles. The zero-order chi connectivity index (χ0) is 8.27. The van der Waals surface area contributed by atoms with Crippen LogP contribution in [0.4, 0.5) is 0 Å². The maximum atomic E-state index is 10.5. The first-order valence-corrected chi connectivity index (χ1v) is 3.87. The molecule has 2 N–H and O–H groups in total. The van der Waals surface area contributed by atoms with Crippen LogP contribution in [0.1, 0.15) is 19.8 Å². The molecule has 0 radical (unpaired) electrons. The molecule has 1 aliphatic rings. The maximum Gasteiger partial charge on any atom is 0.322 e. The Morgan fingerprint density at radius 2 is 2.33 bits per heavy atom. The molecule has 72 valence electrons. The van der Waals surface area contributed by atoms with Gasteiger partial charge in [0, 0.05) is 19.5 Å². The Labute approximate surface area is 78.4 Å². The number of halogens is 1. The highest BCUT2D eigenvalue weighted by Gasteiger charge is 2.18. The molecule has 0 aromatic rings. The first kappa shape index (κ1) is 11.7. The predicted octanol–water partition coefficient (Wildman–Crippen LogP) is 0.309. The van der Waals surface area contributed by atoms with Crippen molar-refractivity contribution in [3.8, 4) is 0 Å². The molecule has 0 saturated carbocycles. The molecule has 0 aromatic heterocycles. The van der Waals surface area contributed by atoms with Gasteiger partial charge in [-0.2, -0.15) is 0 Å². The lowest BCUT2D eigenvalue weighted by Gasteiger charge is -2.28. The summed E-state index contributed by atoms with van der Waals surface area (Å²) < 4.78 is 0. The molecule has 1 heterocycles. The van der Waals surface area contributed by atoms with Crippen molar-refractivity contribution >= 4 is 18.4 Å². The Bertz CT molecular complexity index is 154. The van der Waals surface area contributed by atoms with E-state index in [1.807, 2.05) is 0 Å². The van der Waals surface area contributed by atoms with Gasteiger partial charge in [0.05, 0.1) is 6.54 Å². The average Bonchev–Trinajstić information content (AvgIpc) is 1.85. The molecule has 0 aliphatic carbocycles. The Balaban J connectivity index is 0.00000121. The van der Waals surface area contributed by atoms with Gasteiger partial charge in [0.2, 0.25) is 0 Å². The lowest BCUT2D eigenvalue weighted by Crippen LogP contribution is -2.43. The van der Waals surface area contributed by atoms with Gasteiger partial charge in [-0.3, -0.25) is 4.79 Å². The molecule has 0 spiro atoms. The second-order valence-corrected chi connectivity index (χ2v) is 2.87. The topological polar surface area (TPSA) is 55.6 Å². The van der Waals surface area contributed by atoms with Crippen LogP contribution in [0.15, 0.2) is 0 Å². The Kier molecular flexibility index (Phi) is 5.20. The van der Waals surface area contributed by atoms with Crippen LogP contribution in [-0.4, -0.2) is 30.2 Å². The second kappa shape index (κ2) is 5.35. The summed E-state index contributed by atoms with van der Waals surface area (Å²) in [6, 6.07) is 0.156. The van der Waals surface area contributed by atoms with Crippen LogP contribution in [0.3, 0.4) is 0 Å². The monoisotopic (exact) mass is 194 g/mol. The average molecular weight is 195 g/mol. The highest BCUT2D eigenvalue weighted by molar-refractivity contribution is 5.85. The molecule has 1 unspecified atom stereocenters. The standard InChI is InChI=1S/C7H14N2O2.ClH/c1-6(10)11-9-4-2-3-7(8)5-9;/h7H,2-5,8H2,1H3;1H. The fourth-order valence-corrected chi connectivity index (χ4v) is 1.24. The van der Waals surface area contributed by atoms with E-state index in [1.165, 1.54) is 6.92 Å². The third-order valence-electron chi connectivity index (χ3n) is 1.68. The highest BCUT2D eigenvalue weighted by atomic mass is 35.5. The molecular weight excluding hydrogens is 180 g/mol. The fraction of sp³-hybridized carbons (Fsp3) is 0.857. The van der Waals surface area contributed by atoms with Crippen molar-refractivity contribution < 1.29 is 9.63 Å². The van der Waals surface area contributed by atoms with Gasteiger partial charge >= 0.3 is 5.97 Å². The largest absolute Gasteiger partial charge is 0.368 e. The number of nitrogens with zero attached hydrogens (tertiary/aromatic N) is 1. The zero-order valence-electron chi connectivity index (χ0n) is 7.16. The van der Waals surface area contributed by atoms with E-state index < -0.39 is 0 Å².